The van der Waals surface area contributed by atoms with E-state index in [0.29, 0.717) is 6.04 Å². The third kappa shape index (κ3) is 2.04. The molecule has 2 rings (SSSR count). The van der Waals surface area contributed by atoms with Crippen LogP contribution in [0.25, 0.3) is 0 Å². The molecule has 0 aromatic carbocycles. The summed E-state index contributed by atoms with van der Waals surface area (Å²) in [4.78, 5) is 3.54. The van der Waals surface area contributed by atoms with Gasteiger partial charge in [-0.15, -0.1) is 0 Å². The van der Waals surface area contributed by atoms with E-state index >= 15 is 0 Å². The summed E-state index contributed by atoms with van der Waals surface area (Å²) >= 11 is 0. The quantitative estimate of drug-likeness (QED) is 0.669. The maximum absolute atomic E-state index is 12.8. The van der Waals surface area contributed by atoms with E-state index in [4.69, 9.17) is 0 Å². The van der Waals surface area contributed by atoms with Gasteiger partial charge >= 0.3 is 0 Å². The Labute approximate surface area is 77.2 Å². The summed E-state index contributed by atoms with van der Waals surface area (Å²) in [5, 5.41) is 3.37. The normalized spacial score (nSPS) is 23.0. The lowest BCUT2D eigenvalue weighted by Crippen LogP contribution is -2.26. The average Bonchev–Trinajstić information content (AvgIpc) is 2.19. The van der Waals surface area contributed by atoms with E-state index < -0.39 is 0 Å². The molecule has 1 aliphatic rings. The summed E-state index contributed by atoms with van der Waals surface area (Å²) < 4.78 is 12.8. The Morgan fingerprint density at radius 1 is 1.46 bits per heavy atom. The minimum Gasteiger partial charge on any atom is -0.310 e. The fraction of sp³-hybridized carbons (Fsp3) is 0.500. The molecule has 0 bridgehead atoms. The second-order valence-corrected chi connectivity index (χ2v) is 3.41. The van der Waals surface area contributed by atoms with Crippen LogP contribution in [-0.2, 0) is 0 Å². The SMILES string of the molecule is Fc1cc([C@@H]2CCCCN2)ccn1. The number of piperidine rings is 1. The number of pyridine rings is 1. The molecule has 1 aromatic heterocycles. The van der Waals surface area contributed by atoms with Crippen LogP contribution in [0.5, 0.6) is 0 Å². The Bertz CT molecular complexity index is 282. The summed E-state index contributed by atoms with van der Waals surface area (Å²) in [6.07, 6.45) is 5.08. The Kier molecular flexibility index (Phi) is 2.54. The van der Waals surface area contributed by atoms with Crippen molar-refractivity contribution in [1.82, 2.24) is 10.3 Å². The van der Waals surface area contributed by atoms with Crippen LogP contribution in [0.2, 0.25) is 0 Å². The minimum absolute atomic E-state index is 0.325. The van der Waals surface area contributed by atoms with Gasteiger partial charge in [-0.05, 0) is 37.1 Å². The van der Waals surface area contributed by atoms with Crippen molar-refractivity contribution in [2.45, 2.75) is 25.3 Å². The lowest BCUT2D eigenvalue weighted by molar-refractivity contribution is 0.410. The van der Waals surface area contributed by atoms with Gasteiger partial charge in [-0.3, -0.25) is 0 Å². The van der Waals surface area contributed by atoms with E-state index in [1.165, 1.54) is 25.1 Å². The highest BCUT2D eigenvalue weighted by atomic mass is 19.1. The van der Waals surface area contributed by atoms with Crippen molar-refractivity contribution >= 4 is 0 Å². The van der Waals surface area contributed by atoms with E-state index in [0.717, 1.165) is 18.5 Å². The first kappa shape index (κ1) is 8.63. The minimum atomic E-state index is -0.384. The van der Waals surface area contributed by atoms with Crippen molar-refractivity contribution in [3.63, 3.8) is 0 Å². The Balaban J connectivity index is 2.14. The number of rotatable bonds is 1. The van der Waals surface area contributed by atoms with Gasteiger partial charge in [0.2, 0.25) is 5.95 Å². The van der Waals surface area contributed by atoms with Gasteiger partial charge in [0.05, 0.1) is 0 Å². The third-order valence-electron chi connectivity index (χ3n) is 2.46. The highest BCUT2D eigenvalue weighted by Gasteiger charge is 2.14. The van der Waals surface area contributed by atoms with Crippen LogP contribution in [0.3, 0.4) is 0 Å². The molecule has 0 spiro atoms. The highest BCUT2D eigenvalue weighted by Crippen LogP contribution is 2.22. The number of hydrogen-bond donors (Lipinski definition) is 1. The molecule has 1 aliphatic heterocycles. The molecule has 0 amide bonds. The van der Waals surface area contributed by atoms with Gasteiger partial charge in [0.1, 0.15) is 0 Å². The second kappa shape index (κ2) is 3.83. The molecule has 0 radical (unpaired) electrons. The largest absolute Gasteiger partial charge is 0.310 e. The van der Waals surface area contributed by atoms with Gasteiger partial charge in [-0.2, -0.15) is 4.39 Å². The molecule has 0 aliphatic carbocycles. The van der Waals surface area contributed by atoms with Gasteiger partial charge in [-0.25, -0.2) is 4.98 Å². The van der Waals surface area contributed by atoms with Gasteiger partial charge in [-0.1, -0.05) is 6.42 Å². The van der Waals surface area contributed by atoms with E-state index in [9.17, 15) is 4.39 Å². The number of nitrogens with zero attached hydrogens (tertiary/aromatic N) is 1. The van der Waals surface area contributed by atoms with Crippen molar-refractivity contribution in [2.24, 2.45) is 0 Å². The summed E-state index contributed by atoms with van der Waals surface area (Å²) in [6, 6.07) is 3.72. The summed E-state index contributed by atoms with van der Waals surface area (Å²) in [5.74, 6) is -0.384. The zero-order valence-corrected chi connectivity index (χ0v) is 7.46. The summed E-state index contributed by atoms with van der Waals surface area (Å²) in [6.45, 7) is 1.04. The maximum atomic E-state index is 12.8. The third-order valence-corrected chi connectivity index (χ3v) is 2.46. The zero-order valence-electron chi connectivity index (χ0n) is 7.46. The van der Waals surface area contributed by atoms with Crippen LogP contribution in [0.4, 0.5) is 4.39 Å². The molecule has 2 heterocycles. The summed E-state index contributed by atoms with van der Waals surface area (Å²) in [7, 11) is 0. The lowest BCUT2D eigenvalue weighted by atomic mass is 9.98. The Morgan fingerprint density at radius 2 is 2.38 bits per heavy atom. The summed E-state index contributed by atoms with van der Waals surface area (Å²) in [5.41, 5.74) is 1.02. The molecule has 1 atom stereocenters. The smallest absolute Gasteiger partial charge is 0.213 e. The van der Waals surface area contributed by atoms with Crippen LogP contribution in [-0.4, -0.2) is 11.5 Å². The molecule has 13 heavy (non-hydrogen) atoms. The van der Waals surface area contributed by atoms with E-state index in [-0.39, 0.29) is 5.95 Å². The van der Waals surface area contributed by atoms with Gasteiger partial charge in [0, 0.05) is 12.2 Å². The van der Waals surface area contributed by atoms with Crippen LogP contribution in [0.1, 0.15) is 30.9 Å². The Hall–Kier alpha value is -0.960. The fourth-order valence-corrected chi connectivity index (χ4v) is 1.77. The van der Waals surface area contributed by atoms with E-state index in [1.807, 2.05) is 6.07 Å². The topological polar surface area (TPSA) is 24.9 Å². The predicted octanol–water partition coefficient (Wildman–Crippen LogP) is 2.04. The number of hydrogen-bond acceptors (Lipinski definition) is 2. The zero-order chi connectivity index (χ0) is 9.10. The number of halogens is 1. The van der Waals surface area contributed by atoms with Crippen LogP contribution in [0, 0.1) is 5.95 Å². The molecule has 1 aromatic rings. The molecule has 2 nitrogen and oxygen atoms in total. The van der Waals surface area contributed by atoms with Gasteiger partial charge in [0.25, 0.3) is 0 Å². The Morgan fingerprint density at radius 3 is 3.08 bits per heavy atom. The van der Waals surface area contributed by atoms with Crippen LogP contribution < -0.4 is 5.32 Å². The van der Waals surface area contributed by atoms with Crippen molar-refractivity contribution < 1.29 is 4.39 Å². The maximum Gasteiger partial charge on any atom is 0.213 e. The van der Waals surface area contributed by atoms with Crippen molar-refractivity contribution in [1.29, 1.82) is 0 Å². The molecule has 0 unspecified atom stereocenters. The van der Waals surface area contributed by atoms with Crippen molar-refractivity contribution in [3.8, 4) is 0 Å². The highest BCUT2D eigenvalue weighted by molar-refractivity contribution is 5.16. The van der Waals surface area contributed by atoms with Crippen molar-refractivity contribution in [2.75, 3.05) is 6.54 Å². The molecular formula is C10H13FN2. The van der Waals surface area contributed by atoms with E-state index in [2.05, 4.69) is 10.3 Å². The second-order valence-electron chi connectivity index (χ2n) is 3.41. The molecular weight excluding hydrogens is 167 g/mol. The molecule has 1 saturated heterocycles. The van der Waals surface area contributed by atoms with Gasteiger partial charge in [0.15, 0.2) is 0 Å². The first-order chi connectivity index (χ1) is 6.36. The first-order valence-electron chi connectivity index (χ1n) is 4.71. The molecule has 1 fully saturated rings. The molecule has 0 saturated carbocycles. The van der Waals surface area contributed by atoms with Gasteiger partial charge < -0.3 is 5.32 Å². The molecule has 3 heteroatoms. The predicted molar refractivity (Wildman–Crippen MR) is 48.8 cm³/mol. The average molecular weight is 180 g/mol. The monoisotopic (exact) mass is 180 g/mol. The number of nitrogens with one attached hydrogen (secondary N) is 1. The van der Waals surface area contributed by atoms with E-state index in [1.54, 1.807) is 0 Å². The van der Waals surface area contributed by atoms with Crippen molar-refractivity contribution in [3.05, 3.63) is 29.8 Å². The first-order valence-corrected chi connectivity index (χ1v) is 4.71. The fourth-order valence-electron chi connectivity index (χ4n) is 1.77. The lowest BCUT2D eigenvalue weighted by Gasteiger charge is -2.23. The van der Waals surface area contributed by atoms with Crippen LogP contribution >= 0.6 is 0 Å². The standard InChI is InChI=1S/C10H13FN2/c11-10-7-8(4-6-13-10)9-3-1-2-5-12-9/h4,6-7,9,12H,1-3,5H2/t9-/m0/s1. The number of aromatic nitrogens is 1. The molecule has 70 valence electrons. The van der Waals surface area contributed by atoms with Crippen LogP contribution in [0.15, 0.2) is 18.3 Å². The molecule has 1 N–H and O–H groups in total.